The molecule has 5 nitrogen and oxygen atoms in total. The molecule has 1 N–H and O–H groups in total. The Balaban J connectivity index is 2.37. The maximum Gasteiger partial charge on any atom is 0.433 e. The highest BCUT2D eigenvalue weighted by molar-refractivity contribution is 7.92. The lowest BCUT2D eigenvalue weighted by atomic mass is 9.93. The molecule has 0 aliphatic heterocycles. The molecular weight excluding hydrogens is 429 g/mol. The first-order valence-electron chi connectivity index (χ1n) is 9.63. The summed E-state index contributed by atoms with van der Waals surface area (Å²) in [4.78, 5) is 1.87. The minimum atomic E-state index is -5.03. The van der Waals surface area contributed by atoms with Crippen molar-refractivity contribution in [2.24, 2.45) is 0 Å². The van der Waals surface area contributed by atoms with E-state index in [0.29, 0.717) is 13.1 Å². The van der Waals surface area contributed by atoms with Gasteiger partial charge in [-0.2, -0.15) is 13.2 Å². The van der Waals surface area contributed by atoms with Crippen LogP contribution in [-0.4, -0.2) is 51.3 Å². The van der Waals surface area contributed by atoms with E-state index in [9.17, 15) is 26.7 Å². The molecule has 2 aromatic rings. The zero-order valence-corrected chi connectivity index (χ0v) is 18.3. The third-order valence-electron chi connectivity index (χ3n) is 4.93. The number of sulfonamides is 1. The lowest BCUT2D eigenvalue weighted by Crippen LogP contribution is -2.41. The van der Waals surface area contributed by atoms with Gasteiger partial charge in [-0.05, 0) is 37.4 Å². The van der Waals surface area contributed by atoms with Crippen LogP contribution in [0.1, 0.15) is 19.4 Å². The Labute approximate surface area is 181 Å². The second kappa shape index (κ2) is 9.73. The van der Waals surface area contributed by atoms with Gasteiger partial charge in [-0.25, -0.2) is 8.42 Å². The summed E-state index contributed by atoms with van der Waals surface area (Å²) in [6, 6.07) is 12.2. The number of aliphatic hydroxyl groups is 1. The van der Waals surface area contributed by atoms with Crippen molar-refractivity contribution in [2.75, 3.05) is 31.0 Å². The van der Waals surface area contributed by atoms with E-state index in [1.165, 1.54) is 31.3 Å². The Morgan fingerprint density at radius 1 is 0.968 bits per heavy atom. The highest BCUT2D eigenvalue weighted by Crippen LogP contribution is 2.39. The molecule has 0 heterocycles. The minimum absolute atomic E-state index is 0.0515. The van der Waals surface area contributed by atoms with Crippen molar-refractivity contribution in [2.45, 2.75) is 30.5 Å². The Morgan fingerprint density at radius 2 is 1.52 bits per heavy atom. The minimum Gasteiger partial charge on any atom is -0.366 e. The SMILES string of the molecule is CCN(CC)CC#CC(O)(c1ccc(N(C)S(=O)(=O)c2ccccc2)cc1)C(F)(F)F. The lowest BCUT2D eigenvalue weighted by molar-refractivity contribution is -0.240. The second-order valence-corrected chi connectivity index (χ2v) is 8.77. The lowest BCUT2D eigenvalue weighted by Gasteiger charge is -2.27. The van der Waals surface area contributed by atoms with E-state index >= 15 is 0 Å². The van der Waals surface area contributed by atoms with E-state index in [-0.39, 0.29) is 17.1 Å². The van der Waals surface area contributed by atoms with E-state index in [2.05, 4.69) is 5.92 Å². The van der Waals surface area contributed by atoms with Crippen LogP contribution in [0, 0.1) is 11.8 Å². The summed E-state index contributed by atoms with van der Waals surface area (Å²) < 4.78 is 67.4. The highest BCUT2D eigenvalue weighted by Gasteiger charge is 2.54. The Bertz CT molecular complexity index is 1030. The predicted molar refractivity (Wildman–Crippen MR) is 114 cm³/mol. The molecule has 9 heteroatoms. The van der Waals surface area contributed by atoms with Crippen LogP contribution < -0.4 is 4.31 Å². The summed E-state index contributed by atoms with van der Waals surface area (Å²) >= 11 is 0. The average molecular weight is 455 g/mol. The van der Waals surface area contributed by atoms with Gasteiger partial charge in [0.15, 0.2) is 0 Å². The molecule has 0 spiro atoms. The van der Waals surface area contributed by atoms with Gasteiger partial charge in [0.1, 0.15) is 0 Å². The molecule has 168 valence electrons. The molecule has 0 saturated heterocycles. The predicted octanol–water partition coefficient (Wildman–Crippen LogP) is 3.61. The summed E-state index contributed by atoms with van der Waals surface area (Å²) in [5, 5.41) is 10.4. The number of hydrogen-bond acceptors (Lipinski definition) is 4. The van der Waals surface area contributed by atoms with Crippen molar-refractivity contribution in [1.82, 2.24) is 4.90 Å². The number of rotatable bonds is 7. The molecule has 0 fully saturated rings. The molecule has 0 radical (unpaired) electrons. The van der Waals surface area contributed by atoms with Gasteiger partial charge < -0.3 is 5.11 Å². The van der Waals surface area contributed by atoms with Crippen LogP contribution in [0.4, 0.5) is 18.9 Å². The zero-order valence-electron chi connectivity index (χ0n) is 17.5. The second-order valence-electron chi connectivity index (χ2n) is 6.80. The number of anilines is 1. The standard InChI is InChI=1S/C22H25F3N2O3S/c1-4-27(5-2)17-9-16-21(28,22(23,24)25)18-12-14-19(15-13-18)26(3)31(29,30)20-10-7-6-8-11-20/h6-8,10-15,28H,4-5,17H2,1-3H3. The third-order valence-corrected chi connectivity index (χ3v) is 6.73. The van der Waals surface area contributed by atoms with Crippen LogP contribution in [0.2, 0.25) is 0 Å². The fraction of sp³-hybridized carbons (Fsp3) is 0.364. The topological polar surface area (TPSA) is 60.9 Å². The molecule has 0 amide bonds. The number of nitrogens with zero attached hydrogens (tertiary/aromatic N) is 2. The Kier molecular flexibility index (Phi) is 7.76. The number of benzene rings is 2. The van der Waals surface area contributed by atoms with Crippen molar-refractivity contribution < 1.29 is 26.7 Å². The molecule has 31 heavy (non-hydrogen) atoms. The molecule has 0 aliphatic rings. The quantitative estimate of drug-likeness (QED) is 0.650. The largest absolute Gasteiger partial charge is 0.433 e. The highest BCUT2D eigenvalue weighted by atomic mass is 32.2. The monoisotopic (exact) mass is 454 g/mol. The smallest absolute Gasteiger partial charge is 0.366 e. The molecular formula is C22H25F3N2O3S. The van der Waals surface area contributed by atoms with Crippen LogP contribution in [0.3, 0.4) is 0 Å². The average Bonchev–Trinajstić information content (AvgIpc) is 2.76. The summed E-state index contributed by atoms with van der Waals surface area (Å²) in [5.74, 6) is 4.38. The summed E-state index contributed by atoms with van der Waals surface area (Å²) in [7, 11) is -2.58. The molecule has 1 atom stereocenters. The molecule has 0 saturated carbocycles. The van der Waals surface area contributed by atoms with E-state index in [1.54, 1.807) is 18.2 Å². The van der Waals surface area contributed by atoms with Gasteiger partial charge in [0.25, 0.3) is 10.0 Å². The third kappa shape index (κ3) is 5.39. The van der Waals surface area contributed by atoms with Gasteiger partial charge in [0, 0.05) is 12.6 Å². The van der Waals surface area contributed by atoms with Gasteiger partial charge in [-0.15, -0.1) is 0 Å². The Hall–Kier alpha value is -2.54. The molecule has 0 bridgehead atoms. The first-order chi connectivity index (χ1) is 14.5. The maximum absolute atomic E-state index is 13.7. The van der Waals surface area contributed by atoms with Crippen LogP contribution in [0.25, 0.3) is 0 Å². The van der Waals surface area contributed by atoms with Crippen molar-refractivity contribution in [3.63, 3.8) is 0 Å². The van der Waals surface area contributed by atoms with Crippen molar-refractivity contribution >= 4 is 15.7 Å². The molecule has 1 unspecified atom stereocenters. The normalized spacial score (nSPS) is 13.9. The molecule has 2 aromatic carbocycles. The van der Waals surface area contributed by atoms with Gasteiger partial charge in [0.05, 0.1) is 17.1 Å². The van der Waals surface area contributed by atoms with Crippen LogP contribution in [-0.2, 0) is 15.6 Å². The first kappa shape index (κ1) is 24.7. The zero-order chi connectivity index (χ0) is 23.3. The van der Waals surface area contributed by atoms with E-state index in [4.69, 9.17) is 0 Å². The number of hydrogen-bond donors (Lipinski definition) is 1. The maximum atomic E-state index is 13.7. The van der Waals surface area contributed by atoms with E-state index in [1.807, 2.05) is 24.7 Å². The summed E-state index contributed by atoms with van der Waals surface area (Å²) in [5.41, 5.74) is -3.70. The Morgan fingerprint density at radius 3 is 2.00 bits per heavy atom. The van der Waals surface area contributed by atoms with Gasteiger partial charge >= 0.3 is 6.18 Å². The van der Waals surface area contributed by atoms with Crippen molar-refractivity contribution in [1.29, 1.82) is 0 Å². The van der Waals surface area contributed by atoms with Gasteiger partial charge in [-0.1, -0.05) is 56.0 Å². The molecule has 2 rings (SSSR count). The first-order valence-corrected chi connectivity index (χ1v) is 11.1. The molecule has 0 aromatic heterocycles. The van der Waals surface area contributed by atoms with Crippen LogP contribution in [0.5, 0.6) is 0 Å². The fourth-order valence-electron chi connectivity index (χ4n) is 2.84. The number of alkyl halides is 3. The van der Waals surface area contributed by atoms with E-state index < -0.39 is 27.4 Å². The fourth-order valence-corrected chi connectivity index (χ4v) is 4.05. The van der Waals surface area contributed by atoms with E-state index in [0.717, 1.165) is 16.4 Å². The molecule has 0 aliphatic carbocycles. The van der Waals surface area contributed by atoms with Crippen molar-refractivity contribution in [3.05, 3.63) is 60.2 Å². The number of halogens is 3. The van der Waals surface area contributed by atoms with Crippen LogP contribution >= 0.6 is 0 Å². The van der Waals surface area contributed by atoms with Gasteiger partial charge in [0.2, 0.25) is 5.60 Å². The van der Waals surface area contributed by atoms with Crippen molar-refractivity contribution in [3.8, 4) is 11.8 Å². The van der Waals surface area contributed by atoms with Crippen LogP contribution in [0.15, 0.2) is 59.5 Å². The van der Waals surface area contributed by atoms with Gasteiger partial charge in [-0.3, -0.25) is 9.21 Å². The summed E-state index contributed by atoms with van der Waals surface area (Å²) in [6.07, 6.45) is -5.03. The summed E-state index contributed by atoms with van der Waals surface area (Å²) in [6.45, 7) is 5.04.